The summed E-state index contributed by atoms with van der Waals surface area (Å²) in [5.41, 5.74) is 1.47. The molecule has 0 unspecified atom stereocenters. The van der Waals surface area contributed by atoms with Crippen molar-refractivity contribution in [3.63, 3.8) is 0 Å². The SMILES string of the molecule is O=C(COc1ccccc1)Nc1cccc(NC(=O)c2ccccc2Cl)c1. The molecule has 0 fully saturated rings. The Morgan fingerprint density at radius 3 is 2.22 bits per heavy atom. The molecule has 0 saturated heterocycles. The summed E-state index contributed by atoms with van der Waals surface area (Å²) < 4.78 is 5.41. The normalized spacial score (nSPS) is 10.1. The van der Waals surface area contributed by atoms with Gasteiger partial charge in [0, 0.05) is 11.4 Å². The molecular formula is C21H17ClN2O3. The maximum Gasteiger partial charge on any atom is 0.262 e. The molecule has 6 heteroatoms. The van der Waals surface area contributed by atoms with Gasteiger partial charge >= 0.3 is 0 Å². The van der Waals surface area contributed by atoms with E-state index in [1.807, 2.05) is 18.2 Å². The molecule has 0 radical (unpaired) electrons. The lowest BCUT2D eigenvalue weighted by molar-refractivity contribution is -0.118. The first kappa shape index (κ1) is 18.5. The fourth-order valence-electron chi connectivity index (χ4n) is 2.38. The predicted molar refractivity (Wildman–Crippen MR) is 106 cm³/mol. The van der Waals surface area contributed by atoms with Crippen molar-refractivity contribution in [2.75, 3.05) is 17.2 Å². The third-order valence-electron chi connectivity index (χ3n) is 3.64. The molecular weight excluding hydrogens is 364 g/mol. The zero-order valence-corrected chi connectivity index (χ0v) is 15.1. The summed E-state index contributed by atoms with van der Waals surface area (Å²) in [4.78, 5) is 24.4. The zero-order valence-electron chi connectivity index (χ0n) is 14.3. The predicted octanol–water partition coefficient (Wildman–Crippen LogP) is 4.61. The van der Waals surface area contributed by atoms with Crippen LogP contribution in [-0.4, -0.2) is 18.4 Å². The van der Waals surface area contributed by atoms with Crippen LogP contribution in [-0.2, 0) is 4.79 Å². The molecule has 0 aliphatic rings. The molecule has 2 amide bonds. The van der Waals surface area contributed by atoms with Gasteiger partial charge in [0.2, 0.25) is 0 Å². The van der Waals surface area contributed by atoms with Crippen molar-refractivity contribution in [2.24, 2.45) is 0 Å². The lowest BCUT2D eigenvalue weighted by Crippen LogP contribution is -2.20. The van der Waals surface area contributed by atoms with Crippen LogP contribution in [0.3, 0.4) is 0 Å². The zero-order chi connectivity index (χ0) is 19.1. The van der Waals surface area contributed by atoms with Gasteiger partial charge < -0.3 is 15.4 Å². The van der Waals surface area contributed by atoms with Crippen molar-refractivity contribution in [3.05, 3.63) is 89.4 Å². The van der Waals surface area contributed by atoms with E-state index in [1.54, 1.807) is 60.7 Å². The number of amides is 2. The van der Waals surface area contributed by atoms with Crippen molar-refractivity contribution in [3.8, 4) is 5.75 Å². The number of para-hydroxylation sites is 1. The van der Waals surface area contributed by atoms with Gasteiger partial charge in [0.05, 0.1) is 10.6 Å². The van der Waals surface area contributed by atoms with Gasteiger partial charge in [0.1, 0.15) is 5.75 Å². The Bertz CT molecular complexity index is 945. The van der Waals surface area contributed by atoms with Crippen LogP contribution in [0.5, 0.6) is 5.75 Å². The highest BCUT2D eigenvalue weighted by Crippen LogP contribution is 2.19. The minimum Gasteiger partial charge on any atom is -0.484 e. The molecule has 0 aliphatic heterocycles. The van der Waals surface area contributed by atoms with E-state index in [1.165, 1.54) is 0 Å². The molecule has 3 aromatic carbocycles. The third-order valence-corrected chi connectivity index (χ3v) is 3.97. The third kappa shape index (κ3) is 5.33. The molecule has 0 aromatic heterocycles. The van der Waals surface area contributed by atoms with Crippen LogP contribution in [0.15, 0.2) is 78.9 Å². The number of rotatable bonds is 6. The van der Waals surface area contributed by atoms with E-state index in [4.69, 9.17) is 16.3 Å². The maximum atomic E-state index is 12.3. The molecule has 5 nitrogen and oxygen atoms in total. The lowest BCUT2D eigenvalue weighted by Gasteiger charge is -2.10. The Morgan fingerprint density at radius 1 is 0.815 bits per heavy atom. The largest absolute Gasteiger partial charge is 0.484 e. The number of hydrogen-bond donors (Lipinski definition) is 2. The van der Waals surface area contributed by atoms with E-state index < -0.39 is 0 Å². The lowest BCUT2D eigenvalue weighted by atomic mass is 10.2. The van der Waals surface area contributed by atoms with Gasteiger partial charge in [0.15, 0.2) is 6.61 Å². The molecule has 3 rings (SSSR count). The number of carbonyl (C=O) groups is 2. The Balaban J connectivity index is 1.59. The average Bonchev–Trinajstić information content (AvgIpc) is 2.68. The van der Waals surface area contributed by atoms with Gasteiger partial charge in [-0.15, -0.1) is 0 Å². The minimum absolute atomic E-state index is 0.111. The van der Waals surface area contributed by atoms with E-state index in [-0.39, 0.29) is 18.4 Å². The number of nitrogens with one attached hydrogen (secondary N) is 2. The van der Waals surface area contributed by atoms with Crippen molar-refractivity contribution in [1.82, 2.24) is 0 Å². The van der Waals surface area contributed by atoms with Gasteiger partial charge in [-0.05, 0) is 42.5 Å². The first-order chi connectivity index (χ1) is 13.1. The topological polar surface area (TPSA) is 67.4 Å². The highest BCUT2D eigenvalue weighted by molar-refractivity contribution is 6.34. The number of ether oxygens (including phenoxy) is 1. The summed E-state index contributed by atoms with van der Waals surface area (Å²) in [6.07, 6.45) is 0. The van der Waals surface area contributed by atoms with E-state index in [9.17, 15) is 9.59 Å². The number of hydrogen-bond acceptors (Lipinski definition) is 3. The van der Waals surface area contributed by atoms with Crippen LogP contribution >= 0.6 is 11.6 Å². The minimum atomic E-state index is -0.323. The van der Waals surface area contributed by atoms with Crippen molar-refractivity contribution < 1.29 is 14.3 Å². The van der Waals surface area contributed by atoms with Gasteiger partial charge in [-0.3, -0.25) is 9.59 Å². The maximum absolute atomic E-state index is 12.3. The second kappa shape index (κ2) is 8.87. The van der Waals surface area contributed by atoms with Crippen LogP contribution in [0, 0.1) is 0 Å². The fourth-order valence-corrected chi connectivity index (χ4v) is 2.60. The Hall–Kier alpha value is -3.31. The van der Waals surface area contributed by atoms with E-state index in [2.05, 4.69) is 10.6 Å². The fraction of sp³-hybridized carbons (Fsp3) is 0.0476. The Kier molecular flexibility index (Phi) is 6.07. The Labute approximate surface area is 161 Å². The van der Waals surface area contributed by atoms with Crippen LogP contribution in [0.4, 0.5) is 11.4 Å². The molecule has 3 aromatic rings. The molecule has 0 atom stereocenters. The molecule has 2 N–H and O–H groups in total. The smallest absolute Gasteiger partial charge is 0.262 e. The highest BCUT2D eigenvalue weighted by Gasteiger charge is 2.10. The van der Waals surface area contributed by atoms with Gasteiger partial charge in [-0.25, -0.2) is 0 Å². The summed E-state index contributed by atoms with van der Waals surface area (Å²) in [6.45, 7) is -0.111. The van der Waals surface area contributed by atoms with E-state index >= 15 is 0 Å². The summed E-state index contributed by atoms with van der Waals surface area (Å²) in [7, 11) is 0. The van der Waals surface area contributed by atoms with Crippen molar-refractivity contribution in [1.29, 1.82) is 0 Å². The van der Waals surface area contributed by atoms with E-state index in [0.717, 1.165) is 0 Å². The Morgan fingerprint density at radius 2 is 1.48 bits per heavy atom. The summed E-state index contributed by atoms with van der Waals surface area (Å²) in [5.74, 6) is -0.00155. The van der Waals surface area contributed by atoms with Gasteiger partial charge in [0.25, 0.3) is 11.8 Å². The van der Waals surface area contributed by atoms with Crippen molar-refractivity contribution in [2.45, 2.75) is 0 Å². The second-order valence-corrected chi connectivity index (χ2v) is 6.07. The van der Waals surface area contributed by atoms with Gasteiger partial charge in [-0.1, -0.05) is 48.0 Å². The van der Waals surface area contributed by atoms with Crippen LogP contribution in [0.2, 0.25) is 5.02 Å². The molecule has 27 heavy (non-hydrogen) atoms. The van der Waals surface area contributed by atoms with E-state index in [0.29, 0.717) is 27.7 Å². The van der Waals surface area contributed by atoms with Crippen LogP contribution in [0.25, 0.3) is 0 Å². The molecule has 0 saturated carbocycles. The first-order valence-corrected chi connectivity index (χ1v) is 8.63. The monoisotopic (exact) mass is 380 g/mol. The molecule has 136 valence electrons. The van der Waals surface area contributed by atoms with Crippen molar-refractivity contribution >= 4 is 34.8 Å². The molecule has 0 aliphatic carbocycles. The number of halogens is 1. The first-order valence-electron chi connectivity index (χ1n) is 8.25. The van der Waals surface area contributed by atoms with Crippen LogP contribution in [0.1, 0.15) is 10.4 Å². The quantitative estimate of drug-likeness (QED) is 0.656. The standard InChI is InChI=1S/C21H17ClN2O3/c22-19-12-5-4-11-18(19)21(26)24-16-8-6-7-15(13-16)23-20(25)14-27-17-9-2-1-3-10-17/h1-13H,14H2,(H,23,25)(H,24,26). The summed E-state index contributed by atoms with van der Waals surface area (Å²) in [6, 6.07) is 22.7. The average molecular weight is 381 g/mol. The number of anilines is 2. The highest BCUT2D eigenvalue weighted by atomic mass is 35.5. The molecule has 0 spiro atoms. The summed E-state index contributed by atoms with van der Waals surface area (Å²) >= 11 is 6.04. The second-order valence-electron chi connectivity index (χ2n) is 5.66. The number of carbonyl (C=O) groups excluding carboxylic acids is 2. The molecule has 0 bridgehead atoms. The summed E-state index contributed by atoms with van der Waals surface area (Å²) in [5, 5.41) is 5.87. The van der Waals surface area contributed by atoms with Gasteiger partial charge in [-0.2, -0.15) is 0 Å². The number of benzene rings is 3. The van der Waals surface area contributed by atoms with Crippen LogP contribution < -0.4 is 15.4 Å². The molecule has 0 heterocycles.